The molecule has 0 bridgehead atoms. The molecule has 0 fully saturated rings. The Bertz CT molecular complexity index is 455. The maximum atomic E-state index is 12.7. The van der Waals surface area contributed by atoms with Gasteiger partial charge in [-0.05, 0) is 39.1 Å². The lowest BCUT2D eigenvalue weighted by molar-refractivity contribution is 0.0725. The summed E-state index contributed by atoms with van der Waals surface area (Å²) in [6.07, 6.45) is 0. The molecule has 1 amide bonds. The Kier molecular flexibility index (Phi) is 6.02. The van der Waals surface area contributed by atoms with E-state index in [2.05, 4.69) is 18.7 Å². The molecule has 0 unspecified atom stereocenters. The minimum Gasteiger partial charge on any atom is -0.398 e. The average Bonchev–Trinajstić information content (AvgIpc) is 2.36. The van der Waals surface area contributed by atoms with Crippen LogP contribution in [0.3, 0.4) is 0 Å². The highest BCUT2D eigenvalue weighted by atomic mass is 16.2. The van der Waals surface area contributed by atoms with E-state index in [-0.39, 0.29) is 5.91 Å². The van der Waals surface area contributed by atoms with Crippen LogP contribution in [0.4, 0.5) is 5.69 Å². The molecule has 0 atom stereocenters. The molecule has 0 saturated carbocycles. The fraction of sp³-hybridized carbons (Fsp3) is 0.562. The molecule has 0 aromatic heterocycles. The number of nitrogens with two attached hydrogens (primary N) is 1. The fourth-order valence-electron chi connectivity index (χ4n) is 2.06. The number of aryl methyl sites for hydroxylation is 1. The monoisotopic (exact) mass is 277 g/mol. The van der Waals surface area contributed by atoms with Crippen molar-refractivity contribution in [1.29, 1.82) is 0 Å². The molecule has 1 aromatic rings. The summed E-state index contributed by atoms with van der Waals surface area (Å²) in [7, 11) is 4.03. The Labute approximate surface area is 122 Å². The molecule has 0 aliphatic rings. The van der Waals surface area contributed by atoms with Crippen LogP contribution in [0.5, 0.6) is 0 Å². The molecule has 20 heavy (non-hydrogen) atoms. The molecule has 4 nitrogen and oxygen atoms in total. The van der Waals surface area contributed by atoms with E-state index in [0.717, 1.165) is 25.2 Å². The zero-order valence-corrected chi connectivity index (χ0v) is 13.3. The maximum Gasteiger partial charge on any atom is 0.256 e. The van der Waals surface area contributed by atoms with Crippen LogP contribution in [0.25, 0.3) is 0 Å². The van der Waals surface area contributed by atoms with Crippen LogP contribution < -0.4 is 5.73 Å². The Balaban J connectivity index is 2.93. The molecule has 1 rings (SSSR count). The van der Waals surface area contributed by atoms with Crippen molar-refractivity contribution in [2.75, 3.05) is 39.5 Å². The van der Waals surface area contributed by atoms with Gasteiger partial charge in [0.15, 0.2) is 0 Å². The lowest BCUT2D eigenvalue weighted by Crippen LogP contribution is -2.39. The Morgan fingerprint density at radius 3 is 2.45 bits per heavy atom. The van der Waals surface area contributed by atoms with Crippen molar-refractivity contribution in [3.63, 3.8) is 0 Å². The van der Waals surface area contributed by atoms with Crippen LogP contribution in [0.15, 0.2) is 18.2 Å². The van der Waals surface area contributed by atoms with E-state index in [0.29, 0.717) is 17.2 Å². The third-order valence-corrected chi connectivity index (χ3v) is 3.13. The second-order valence-electron chi connectivity index (χ2n) is 6.04. The van der Waals surface area contributed by atoms with Crippen molar-refractivity contribution < 1.29 is 4.79 Å². The summed E-state index contributed by atoms with van der Waals surface area (Å²) < 4.78 is 0. The number of carbonyl (C=O) groups excluding carboxylic acids is 1. The average molecular weight is 277 g/mol. The van der Waals surface area contributed by atoms with Gasteiger partial charge >= 0.3 is 0 Å². The van der Waals surface area contributed by atoms with Crippen molar-refractivity contribution >= 4 is 11.6 Å². The number of anilines is 1. The Morgan fingerprint density at radius 2 is 1.90 bits per heavy atom. The smallest absolute Gasteiger partial charge is 0.256 e. The van der Waals surface area contributed by atoms with Gasteiger partial charge in [-0.25, -0.2) is 0 Å². The summed E-state index contributed by atoms with van der Waals surface area (Å²) in [5.74, 6) is 0.467. The Morgan fingerprint density at radius 1 is 1.25 bits per heavy atom. The lowest BCUT2D eigenvalue weighted by Gasteiger charge is -2.26. The van der Waals surface area contributed by atoms with Crippen LogP contribution in [-0.2, 0) is 0 Å². The van der Waals surface area contributed by atoms with Gasteiger partial charge in [-0.15, -0.1) is 0 Å². The number of hydrogen-bond acceptors (Lipinski definition) is 3. The van der Waals surface area contributed by atoms with Crippen LogP contribution in [0.2, 0.25) is 0 Å². The summed E-state index contributed by atoms with van der Waals surface area (Å²) in [5.41, 5.74) is 8.18. The molecule has 0 aliphatic heterocycles. The highest BCUT2D eigenvalue weighted by Crippen LogP contribution is 2.17. The molecule has 0 radical (unpaired) electrons. The van der Waals surface area contributed by atoms with E-state index in [9.17, 15) is 4.79 Å². The second-order valence-corrected chi connectivity index (χ2v) is 6.04. The summed E-state index contributed by atoms with van der Waals surface area (Å²) in [6, 6.07) is 5.61. The van der Waals surface area contributed by atoms with Gasteiger partial charge in [0, 0.05) is 25.3 Å². The van der Waals surface area contributed by atoms with Gasteiger partial charge in [0.1, 0.15) is 0 Å². The minimum atomic E-state index is 0.0294. The SMILES string of the molecule is Cc1ccc(N)c(C(=O)N(CCN(C)C)CC(C)C)c1. The molecule has 0 saturated heterocycles. The van der Waals surface area contributed by atoms with Crippen molar-refractivity contribution in [3.8, 4) is 0 Å². The third-order valence-electron chi connectivity index (χ3n) is 3.13. The molecule has 4 heteroatoms. The number of benzene rings is 1. The van der Waals surface area contributed by atoms with Crippen molar-refractivity contribution in [3.05, 3.63) is 29.3 Å². The third kappa shape index (κ3) is 4.85. The molecule has 0 heterocycles. The number of nitrogens with zero attached hydrogens (tertiary/aromatic N) is 2. The van der Waals surface area contributed by atoms with Crippen LogP contribution >= 0.6 is 0 Å². The number of hydrogen-bond donors (Lipinski definition) is 1. The molecular weight excluding hydrogens is 250 g/mol. The predicted molar refractivity (Wildman–Crippen MR) is 84.9 cm³/mol. The summed E-state index contributed by atoms with van der Waals surface area (Å²) in [4.78, 5) is 16.7. The van der Waals surface area contributed by atoms with Gasteiger partial charge < -0.3 is 15.5 Å². The highest BCUT2D eigenvalue weighted by molar-refractivity contribution is 5.99. The van der Waals surface area contributed by atoms with E-state index in [4.69, 9.17) is 5.73 Å². The molecule has 1 aromatic carbocycles. The number of amides is 1. The van der Waals surface area contributed by atoms with Crippen LogP contribution in [0, 0.1) is 12.8 Å². The number of carbonyl (C=O) groups is 1. The maximum absolute atomic E-state index is 12.7. The van der Waals surface area contributed by atoms with Gasteiger partial charge in [0.05, 0.1) is 5.56 Å². The predicted octanol–water partition coefficient (Wildman–Crippen LogP) is 2.24. The summed E-state index contributed by atoms with van der Waals surface area (Å²) in [6.45, 7) is 8.54. The topological polar surface area (TPSA) is 49.6 Å². The first kappa shape index (κ1) is 16.5. The zero-order chi connectivity index (χ0) is 15.3. The quantitative estimate of drug-likeness (QED) is 0.811. The first-order chi connectivity index (χ1) is 9.31. The molecule has 112 valence electrons. The van der Waals surface area contributed by atoms with Gasteiger partial charge in [0.2, 0.25) is 0 Å². The number of likely N-dealkylation sites (N-methyl/N-ethyl adjacent to an activating group) is 1. The molecule has 0 spiro atoms. The Hall–Kier alpha value is -1.55. The zero-order valence-electron chi connectivity index (χ0n) is 13.3. The van der Waals surface area contributed by atoms with Gasteiger partial charge in [0.25, 0.3) is 5.91 Å². The molecule has 2 N–H and O–H groups in total. The van der Waals surface area contributed by atoms with E-state index in [1.165, 1.54) is 0 Å². The van der Waals surface area contributed by atoms with E-state index < -0.39 is 0 Å². The second kappa shape index (κ2) is 7.29. The van der Waals surface area contributed by atoms with Gasteiger partial charge in [-0.3, -0.25) is 4.79 Å². The summed E-state index contributed by atoms with van der Waals surface area (Å²) in [5, 5.41) is 0. The lowest BCUT2D eigenvalue weighted by atomic mass is 10.1. The van der Waals surface area contributed by atoms with Gasteiger partial charge in [-0.1, -0.05) is 25.5 Å². The molecular formula is C16H27N3O. The fourth-order valence-corrected chi connectivity index (χ4v) is 2.06. The first-order valence-electron chi connectivity index (χ1n) is 7.11. The normalized spacial score (nSPS) is 11.2. The number of nitrogen functional groups attached to an aromatic ring is 1. The van der Waals surface area contributed by atoms with Crippen molar-refractivity contribution in [2.45, 2.75) is 20.8 Å². The van der Waals surface area contributed by atoms with E-state index in [1.54, 1.807) is 0 Å². The van der Waals surface area contributed by atoms with Crippen LogP contribution in [-0.4, -0.2) is 49.4 Å². The van der Waals surface area contributed by atoms with E-state index in [1.807, 2.05) is 44.1 Å². The highest BCUT2D eigenvalue weighted by Gasteiger charge is 2.19. The van der Waals surface area contributed by atoms with Crippen molar-refractivity contribution in [2.24, 2.45) is 5.92 Å². The summed E-state index contributed by atoms with van der Waals surface area (Å²) >= 11 is 0. The van der Waals surface area contributed by atoms with Crippen molar-refractivity contribution in [1.82, 2.24) is 9.80 Å². The van der Waals surface area contributed by atoms with Crippen LogP contribution in [0.1, 0.15) is 29.8 Å². The van der Waals surface area contributed by atoms with E-state index >= 15 is 0 Å². The van der Waals surface area contributed by atoms with Gasteiger partial charge in [-0.2, -0.15) is 0 Å². The largest absolute Gasteiger partial charge is 0.398 e. The molecule has 0 aliphatic carbocycles. The standard InChI is InChI=1S/C16H27N3O/c1-12(2)11-19(9-8-18(4)5)16(20)14-10-13(3)6-7-15(14)17/h6-7,10,12H,8-9,11,17H2,1-5H3. The first-order valence-corrected chi connectivity index (χ1v) is 7.11. The minimum absolute atomic E-state index is 0.0294. The number of rotatable bonds is 6.